The van der Waals surface area contributed by atoms with E-state index < -0.39 is 0 Å². The molecule has 1 aliphatic heterocycles. The number of anilines is 1. The number of rotatable bonds is 3. The third-order valence-corrected chi connectivity index (χ3v) is 3.32. The van der Waals surface area contributed by atoms with Crippen molar-refractivity contribution in [1.29, 1.82) is 0 Å². The van der Waals surface area contributed by atoms with Gasteiger partial charge in [-0.3, -0.25) is 0 Å². The molecule has 1 fully saturated rings. The lowest BCUT2D eigenvalue weighted by Gasteiger charge is -2.21. The fraction of sp³-hybridized carbons (Fsp3) is 0.600. The summed E-state index contributed by atoms with van der Waals surface area (Å²) in [5, 5.41) is 0. The van der Waals surface area contributed by atoms with Crippen LogP contribution < -0.4 is 10.5 Å². The minimum Gasteiger partial charge on any atom is -0.489 e. The van der Waals surface area contributed by atoms with Crippen LogP contribution in [0, 0.1) is 0 Å². The Morgan fingerprint density at radius 1 is 1.39 bits per heavy atom. The lowest BCUT2D eigenvalue weighted by atomic mass is 9.87. The SMILES string of the molecule is CC(C)(C)c1ccc(OCC2CCCO2)c(N)c1. The molecule has 1 atom stereocenters. The predicted molar refractivity (Wildman–Crippen MR) is 74.0 cm³/mol. The van der Waals surface area contributed by atoms with Crippen LogP contribution in [0.2, 0.25) is 0 Å². The summed E-state index contributed by atoms with van der Waals surface area (Å²) in [6.07, 6.45) is 2.44. The highest BCUT2D eigenvalue weighted by Gasteiger charge is 2.18. The maximum absolute atomic E-state index is 6.04. The maximum Gasteiger partial charge on any atom is 0.142 e. The first-order valence-electron chi connectivity index (χ1n) is 6.61. The van der Waals surface area contributed by atoms with Gasteiger partial charge in [-0.15, -0.1) is 0 Å². The van der Waals surface area contributed by atoms with Crippen molar-refractivity contribution in [2.75, 3.05) is 18.9 Å². The van der Waals surface area contributed by atoms with E-state index >= 15 is 0 Å². The fourth-order valence-electron chi connectivity index (χ4n) is 2.10. The lowest BCUT2D eigenvalue weighted by molar-refractivity contribution is 0.0682. The molecule has 2 rings (SSSR count). The van der Waals surface area contributed by atoms with Crippen molar-refractivity contribution in [3.8, 4) is 5.75 Å². The topological polar surface area (TPSA) is 44.5 Å². The van der Waals surface area contributed by atoms with Gasteiger partial charge in [-0.25, -0.2) is 0 Å². The molecule has 1 unspecified atom stereocenters. The van der Waals surface area contributed by atoms with Crippen molar-refractivity contribution in [3.05, 3.63) is 23.8 Å². The Balaban J connectivity index is 2.01. The van der Waals surface area contributed by atoms with Crippen LogP contribution in [0.15, 0.2) is 18.2 Å². The Bertz CT molecular complexity index is 403. The van der Waals surface area contributed by atoms with Crippen LogP contribution in [0.5, 0.6) is 5.75 Å². The highest BCUT2D eigenvalue weighted by atomic mass is 16.5. The van der Waals surface area contributed by atoms with Gasteiger partial charge in [-0.05, 0) is 36.0 Å². The second kappa shape index (κ2) is 5.19. The Morgan fingerprint density at radius 2 is 2.17 bits per heavy atom. The van der Waals surface area contributed by atoms with Gasteiger partial charge in [0.1, 0.15) is 12.4 Å². The molecular formula is C15H23NO2. The van der Waals surface area contributed by atoms with Gasteiger partial charge in [0.25, 0.3) is 0 Å². The first kappa shape index (κ1) is 13.2. The molecule has 0 saturated carbocycles. The number of nitrogens with two attached hydrogens (primary N) is 1. The van der Waals surface area contributed by atoms with E-state index in [2.05, 4.69) is 26.8 Å². The summed E-state index contributed by atoms with van der Waals surface area (Å²) in [7, 11) is 0. The largest absolute Gasteiger partial charge is 0.489 e. The number of ether oxygens (including phenoxy) is 2. The van der Waals surface area contributed by atoms with Crippen molar-refractivity contribution in [2.45, 2.75) is 45.1 Å². The summed E-state index contributed by atoms with van der Waals surface area (Å²) in [4.78, 5) is 0. The van der Waals surface area contributed by atoms with Crippen LogP contribution in [0.1, 0.15) is 39.2 Å². The zero-order valence-corrected chi connectivity index (χ0v) is 11.5. The molecule has 1 aromatic carbocycles. The summed E-state index contributed by atoms with van der Waals surface area (Å²) < 4.78 is 11.3. The highest BCUT2D eigenvalue weighted by molar-refractivity contribution is 5.55. The third-order valence-electron chi connectivity index (χ3n) is 3.32. The van der Waals surface area contributed by atoms with Gasteiger partial charge in [-0.2, -0.15) is 0 Å². The van der Waals surface area contributed by atoms with E-state index in [-0.39, 0.29) is 11.5 Å². The van der Waals surface area contributed by atoms with Crippen molar-refractivity contribution in [2.24, 2.45) is 0 Å². The molecule has 1 aromatic rings. The summed E-state index contributed by atoms with van der Waals surface area (Å²) >= 11 is 0. The molecule has 1 saturated heterocycles. The van der Waals surface area contributed by atoms with Crippen LogP contribution in [-0.2, 0) is 10.2 Å². The van der Waals surface area contributed by atoms with E-state index in [1.165, 1.54) is 5.56 Å². The molecule has 0 spiro atoms. The van der Waals surface area contributed by atoms with Gasteiger partial charge in [0.2, 0.25) is 0 Å². The monoisotopic (exact) mass is 249 g/mol. The zero-order chi connectivity index (χ0) is 13.2. The molecule has 100 valence electrons. The van der Waals surface area contributed by atoms with E-state index in [9.17, 15) is 0 Å². The quantitative estimate of drug-likeness (QED) is 0.837. The highest BCUT2D eigenvalue weighted by Crippen LogP contribution is 2.30. The van der Waals surface area contributed by atoms with E-state index in [0.29, 0.717) is 12.3 Å². The maximum atomic E-state index is 6.04. The van der Waals surface area contributed by atoms with Gasteiger partial charge in [0, 0.05) is 6.61 Å². The molecule has 0 amide bonds. The Kier molecular flexibility index (Phi) is 3.81. The summed E-state index contributed by atoms with van der Waals surface area (Å²) in [6, 6.07) is 6.05. The van der Waals surface area contributed by atoms with Crippen molar-refractivity contribution in [1.82, 2.24) is 0 Å². The molecule has 1 aliphatic rings. The van der Waals surface area contributed by atoms with Gasteiger partial charge >= 0.3 is 0 Å². The van der Waals surface area contributed by atoms with Crippen molar-refractivity contribution >= 4 is 5.69 Å². The number of hydrogen-bond acceptors (Lipinski definition) is 3. The summed E-state index contributed by atoms with van der Waals surface area (Å²) in [5.41, 5.74) is 8.08. The minimum atomic E-state index is 0.112. The molecule has 0 aromatic heterocycles. The second-order valence-electron chi connectivity index (χ2n) is 5.95. The normalized spacial score (nSPS) is 20.1. The summed E-state index contributed by atoms with van der Waals surface area (Å²) in [5.74, 6) is 0.763. The van der Waals surface area contributed by atoms with Crippen LogP contribution in [0.25, 0.3) is 0 Å². The van der Waals surface area contributed by atoms with Crippen LogP contribution in [-0.4, -0.2) is 19.3 Å². The fourth-order valence-corrected chi connectivity index (χ4v) is 2.10. The number of benzene rings is 1. The van der Waals surface area contributed by atoms with E-state index in [1.54, 1.807) is 0 Å². The van der Waals surface area contributed by atoms with Gasteiger partial charge in [-0.1, -0.05) is 26.8 Å². The standard InChI is InChI=1S/C15H23NO2/c1-15(2,3)11-6-7-14(13(16)9-11)18-10-12-5-4-8-17-12/h6-7,9,12H,4-5,8,10,16H2,1-3H3. The second-order valence-corrected chi connectivity index (χ2v) is 5.95. The zero-order valence-electron chi connectivity index (χ0n) is 11.5. The van der Waals surface area contributed by atoms with E-state index in [4.69, 9.17) is 15.2 Å². The Morgan fingerprint density at radius 3 is 2.72 bits per heavy atom. The van der Waals surface area contributed by atoms with Crippen LogP contribution in [0.3, 0.4) is 0 Å². The average molecular weight is 249 g/mol. The molecule has 0 radical (unpaired) electrons. The van der Waals surface area contributed by atoms with Crippen LogP contribution >= 0.6 is 0 Å². The first-order valence-corrected chi connectivity index (χ1v) is 6.61. The summed E-state index contributed by atoms with van der Waals surface area (Å²) in [6.45, 7) is 7.98. The number of nitrogen functional groups attached to an aromatic ring is 1. The van der Waals surface area contributed by atoms with E-state index in [1.807, 2.05) is 12.1 Å². The average Bonchev–Trinajstić information content (AvgIpc) is 2.79. The third kappa shape index (κ3) is 3.16. The Labute approximate surface area is 109 Å². The van der Waals surface area contributed by atoms with Crippen molar-refractivity contribution in [3.63, 3.8) is 0 Å². The molecule has 2 N–H and O–H groups in total. The molecular weight excluding hydrogens is 226 g/mol. The molecule has 18 heavy (non-hydrogen) atoms. The van der Waals surface area contributed by atoms with E-state index in [0.717, 1.165) is 25.2 Å². The Hall–Kier alpha value is -1.22. The molecule has 0 aliphatic carbocycles. The van der Waals surface area contributed by atoms with Gasteiger partial charge < -0.3 is 15.2 Å². The molecule has 3 nitrogen and oxygen atoms in total. The van der Waals surface area contributed by atoms with Crippen molar-refractivity contribution < 1.29 is 9.47 Å². The predicted octanol–water partition coefficient (Wildman–Crippen LogP) is 3.12. The van der Waals surface area contributed by atoms with Crippen LogP contribution in [0.4, 0.5) is 5.69 Å². The molecule has 3 heteroatoms. The molecule has 0 bridgehead atoms. The first-order chi connectivity index (χ1) is 8.47. The van der Waals surface area contributed by atoms with Gasteiger partial charge in [0.15, 0.2) is 0 Å². The minimum absolute atomic E-state index is 0.112. The van der Waals surface area contributed by atoms with Gasteiger partial charge in [0.05, 0.1) is 11.8 Å². The number of hydrogen-bond donors (Lipinski definition) is 1. The lowest BCUT2D eigenvalue weighted by Crippen LogP contribution is -2.17. The molecule has 1 heterocycles. The smallest absolute Gasteiger partial charge is 0.142 e.